The van der Waals surface area contributed by atoms with E-state index in [2.05, 4.69) is 15.4 Å². The molecule has 0 heterocycles. The number of methoxy groups -OCH3 is 1. The molecule has 12 heteroatoms. The van der Waals surface area contributed by atoms with Crippen LogP contribution in [0.25, 0.3) is 0 Å². The zero-order valence-corrected chi connectivity index (χ0v) is 15.6. The summed E-state index contributed by atoms with van der Waals surface area (Å²) in [5.74, 6) is -4.24. The molecule has 2 aromatic carbocycles. The second-order valence-electron chi connectivity index (χ2n) is 5.63. The van der Waals surface area contributed by atoms with Gasteiger partial charge in [0.1, 0.15) is 11.5 Å². The molecule has 0 aliphatic rings. The van der Waals surface area contributed by atoms with E-state index in [1.54, 1.807) is 24.3 Å². The number of nitro benzene ring substituents is 1. The minimum atomic E-state index is -4.40. The van der Waals surface area contributed by atoms with Crippen LogP contribution in [0.4, 0.5) is 34.6 Å². The van der Waals surface area contributed by atoms with Crippen molar-refractivity contribution in [3.63, 3.8) is 0 Å². The van der Waals surface area contributed by atoms with Gasteiger partial charge in [-0.3, -0.25) is 10.1 Å². The number of thiocarbonyl (C=S) groups is 1. The average Bonchev–Trinajstić information content (AvgIpc) is 2.66. The molecule has 2 rings (SSSR count). The van der Waals surface area contributed by atoms with Crippen molar-refractivity contribution in [2.24, 2.45) is 0 Å². The van der Waals surface area contributed by atoms with Gasteiger partial charge in [-0.25, -0.2) is 8.78 Å². The quantitative estimate of drug-likeness (QED) is 0.270. The third kappa shape index (κ3) is 6.45. The van der Waals surface area contributed by atoms with Crippen LogP contribution >= 0.6 is 12.2 Å². The summed E-state index contributed by atoms with van der Waals surface area (Å²) in [5, 5.41) is 16.5. The topological polar surface area (TPSA) is 85.7 Å². The number of alkyl halides is 4. The van der Waals surface area contributed by atoms with E-state index in [4.69, 9.17) is 17.0 Å². The van der Waals surface area contributed by atoms with Crippen LogP contribution in [0.5, 0.6) is 11.5 Å². The third-order valence-corrected chi connectivity index (χ3v) is 3.64. The van der Waals surface area contributed by atoms with Crippen LogP contribution in [-0.4, -0.2) is 36.1 Å². The summed E-state index contributed by atoms with van der Waals surface area (Å²) in [5.41, 5.74) is 0.0878. The van der Waals surface area contributed by atoms with E-state index >= 15 is 0 Å². The fraction of sp³-hybridized carbons (Fsp3) is 0.235. The number of nitrogens with one attached hydrogen (secondary N) is 2. The van der Waals surface area contributed by atoms with Gasteiger partial charge in [-0.15, -0.1) is 0 Å². The summed E-state index contributed by atoms with van der Waals surface area (Å²) >= 11 is 5.12. The highest BCUT2D eigenvalue weighted by Gasteiger charge is 2.41. The number of halogens is 4. The number of rotatable bonds is 8. The van der Waals surface area contributed by atoms with Crippen molar-refractivity contribution in [2.45, 2.75) is 12.3 Å². The van der Waals surface area contributed by atoms with Gasteiger partial charge in [-0.2, -0.15) is 8.78 Å². The second-order valence-corrected chi connectivity index (χ2v) is 6.04. The zero-order valence-electron chi connectivity index (χ0n) is 14.8. The van der Waals surface area contributed by atoms with Gasteiger partial charge in [0.25, 0.3) is 5.69 Å². The standard InChI is InChI=1S/C17H15F4N3O4S/c1-27-13-4-2-3-10(6-13)22-16(29)23-11-5-12(24(25)26)8-14(7-11)28-9-17(20,21)15(18)19/h2-8,15H,9H2,1H3,(H2,22,23,29). The third-order valence-electron chi connectivity index (χ3n) is 3.44. The van der Waals surface area contributed by atoms with Crippen LogP contribution in [0.15, 0.2) is 42.5 Å². The first kappa shape index (κ1) is 22.1. The number of anilines is 2. The molecule has 0 bridgehead atoms. The Morgan fingerprint density at radius 1 is 1.17 bits per heavy atom. The van der Waals surface area contributed by atoms with E-state index in [0.29, 0.717) is 11.4 Å². The number of non-ortho nitro benzene ring substituents is 1. The SMILES string of the molecule is COc1cccc(NC(=S)Nc2cc(OCC(F)(F)C(F)F)cc([N+](=O)[O-])c2)c1. The highest BCUT2D eigenvalue weighted by molar-refractivity contribution is 7.80. The van der Waals surface area contributed by atoms with Crippen LogP contribution in [0.2, 0.25) is 0 Å². The number of nitrogens with zero attached hydrogens (tertiary/aromatic N) is 1. The lowest BCUT2D eigenvalue weighted by atomic mass is 10.2. The van der Waals surface area contributed by atoms with Gasteiger partial charge < -0.3 is 20.1 Å². The summed E-state index contributed by atoms with van der Waals surface area (Å²) in [6, 6.07) is 9.78. The summed E-state index contributed by atoms with van der Waals surface area (Å²) in [7, 11) is 1.48. The summed E-state index contributed by atoms with van der Waals surface area (Å²) in [6.45, 7) is -1.64. The van der Waals surface area contributed by atoms with Crippen molar-refractivity contribution in [2.75, 3.05) is 24.4 Å². The minimum Gasteiger partial charge on any atom is -0.497 e. The van der Waals surface area contributed by atoms with Crippen molar-refractivity contribution < 1.29 is 32.0 Å². The molecule has 0 amide bonds. The molecule has 7 nitrogen and oxygen atoms in total. The number of nitro groups is 1. The van der Waals surface area contributed by atoms with Crippen molar-refractivity contribution in [3.8, 4) is 11.5 Å². The smallest absolute Gasteiger partial charge is 0.340 e. The first-order chi connectivity index (χ1) is 13.6. The van der Waals surface area contributed by atoms with Gasteiger partial charge in [0, 0.05) is 23.9 Å². The van der Waals surface area contributed by atoms with Crippen molar-refractivity contribution in [1.82, 2.24) is 0 Å². The van der Waals surface area contributed by atoms with Crippen molar-refractivity contribution in [3.05, 3.63) is 52.6 Å². The van der Waals surface area contributed by atoms with Crippen LogP contribution in [0, 0.1) is 10.1 Å². The molecule has 0 spiro atoms. The predicted molar refractivity (Wildman–Crippen MR) is 102 cm³/mol. The molecule has 29 heavy (non-hydrogen) atoms. The Kier molecular flexibility index (Phi) is 7.15. The Balaban J connectivity index is 2.15. The Bertz CT molecular complexity index is 899. The largest absolute Gasteiger partial charge is 0.497 e. The molecule has 0 aromatic heterocycles. The van der Waals surface area contributed by atoms with Crippen LogP contribution in [-0.2, 0) is 0 Å². The summed E-state index contributed by atoms with van der Waals surface area (Å²) < 4.78 is 60.3. The number of hydrogen-bond donors (Lipinski definition) is 2. The molecular weight excluding hydrogens is 418 g/mol. The molecule has 156 valence electrons. The molecule has 0 saturated carbocycles. The van der Waals surface area contributed by atoms with Crippen LogP contribution in [0.1, 0.15) is 0 Å². The lowest BCUT2D eigenvalue weighted by Gasteiger charge is -2.17. The lowest BCUT2D eigenvalue weighted by Crippen LogP contribution is -2.33. The summed E-state index contributed by atoms with van der Waals surface area (Å²) in [6.07, 6.45) is -3.93. The van der Waals surface area contributed by atoms with E-state index in [1.165, 1.54) is 7.11 Å². The van der Waals surface area contributed by atoms with E-state index < -0.39 is 35.3 Å². The molecule has 0 aliphatic carbocycles. The van der Waals surface area contributed by atoms with Gasteiger partial charge in [0.2, 0.25) is 0 Å². The molecule has 0 fully saturated rings. The monoisotopic (exact) mass is 433 g/mol. The van der Waals surface area contributed by atoms with E-state index in [0.717, 1.165) is 18.2 Å². The van der Waals surface area contributed by atoms with Gasteiger partial charge >= 0.3 is 12.3 Å². The van der Waals surface area contributed by atoms with E-state index in [1.807, 2.05) is 0 Å². The van der Waals surface area contributed by atoms with E-state index in [9.17, 15) is 27.7 Å². The summed E-state index contributed by atoms with van der Waals surface area (Å²) in [4.78, 5) is 10.3. The van der Waals surface area contributed by atoms with Crippen molar-refractivity contribution in [1.29, 1.82) is 0 Å². The maximum atomic E-state index is 13.0. The van der Waals surface area contributed by atoms with E-state index in [-0.39, 0.29) is 10.8 Å². The number of ether oxygens (including phenoxy) is 2. The molecule has 2 aromatic rings. The number of benzene rings is 2. The molecule has 0 radical (unpaired) electrons. The molecular formula is C17H15F4N3O4S. The Hall–Kier alpha value is -3.15. The maximum Gasteiger partial charge on any atom is 0.340 e. The maximum absolute atomic E-state index is 13.0. The van der Waals surface area contributed by atoms with Gasteiger partial charge in [-0.1, -0.05) is 6.07 Å². The van der Waals surface area contributed by atoms with Crippen molar-refractivity contribution >= 4 is 34.4 Å². The zero-order chi connectivity index (χ0) is 21.6. The molecule has 0 atom stereocenters. The van der Waals surface area contributed by atoms with Gasteiger partial charge in [-0.05, 0) is 24.4 Å². The highest BCUT2D eigenvalue weighted by Crippen LogP contribution is 2.29. The molecule has 0 saturated heterocycles. The fourth-order valence-electron chi connectivity index (χ4n) is 2.08. The minimum absolute atomic E-state index is 0.0302. The molecule has 0 aliphatic heterocycles. The second kappa shape index (κ2) is 9.37. The van der Waals surface area contributed by atoms with Gasteiger partial charge in [0.05, 0.1) is 23.8 Å². The Morgan fingerprint density at radius 3 is 2.45 bits per heavy atom. The van der Waals surface area contributed by atoms with Crippen LogP contribution in [0.3, 0.4) is 0 Å². The normalized spacial score (nSPS) is 11.1. The molecule has 0 unspecified atom stereocenters. The Labute approximate surface area is 167 Å². The lowest BCUT2D eigenvalue weighted by molar-refractivity contribution is -0.384. The number of hydrogen-bond acceptors (Lipinski definition) is 5. The average molecular weight is 433 g/mol. The fourth-order valence-corrected chi connectivity index (χ4v) is 2.32. The highest BCUT2D eigenvalue weighted by atomic mass is 32.1. The predicted octanol–water partition coefficient (Wildman–Crippen LogP) is 4.69. The molecule has 2 N–H and O–H groups in total. The van der Waals surface area contributed by atoms with Gasteiger partial charge in [0.15, 0.2) is 11.7 Å². The first-order valence-corrected chi connectivity index (χ1v) is 8.32. The van der Waals surface area contributed by atoms with Crippen LogP contribution < -0.4 is 20.1 Å². The Morgan fingerprint density at radius 2 is 1.83 bits per heavy atom. The first-order valence-electron chi connectivity index (χ1n) is 7.91.